The van der Waals surface area contributed by atoms with Crippen LogP contribution in [-0.4, -0.2) is 24.4 Å². The van der Waals surface area contributed by atoms with Gasteiger partial charge in [-0.2, -0.15) is 0 Å². The summed E-state index contributed by atoms with van der Waals surface area (Å²) in [5.41, 5.74) is 6.40. The Bertz CT molecular complexity index is 724. The summed E-state index contributed by atoms with van der Waals surface area (Å²) in [5, 5.41) is 6.74. The molecule has 3 rings (SSSR count). The van der Waals surface area contributed by atoms with Crippen LogP contribution in [0.3, 0.4) is 0 Å². The quantitative estimate of drug-likeness (QED) is 0.806. The average molecular weight is 324 g/mol. The van der Waals surface area contributed by atoms with E-state index in [4.69, 9.17) is 17.3 Å². The molecule has 1 aliphatic rings. The minimum atomic E-state index is -0.337. The van der Waals surface area contributed by atoms with E-state index >= 15 is 0 Å². The van der Waals surface area contributed by atoms with Crippen LogP contribution in [-0.2, 0) is 4.79 Å². The second-order valence-electron chi connectivity index (χ2n) is 5.01. The lowest BCUT2D eigenvalue weighted by Crippen LogP contribution is -2.37. The highest BCUT2D eigenvalue weighted by atomic mass is 35.5. The van der Waals surface area contributed by atoms with Gasteiger partial charge in [-0.15, -0.1) is 11.3 Å². The minimum absolute atomic E-state index is 0.0379. The van der Waals surface area contributed by atoms with Crippen molar-refractivity contribution in [3.05, 3.63) is 28.1 Å². The highest BCUT2D eigenvalue weighted by Gasteiger charge is 2.23. The van der Waals surface area contributed by atoms with Crippen molar-refractivity contribution in [1.82, 2.24) is 10.6 Å². The van der Waals surface area contributed by atoms with E-state index in [-0.39, 0.29) is 24.4 Å². The van der Waals surface area contributed by atoms with Gasteiger partial charge in [0.25, 0.3) is 5.91 Å². The van der Waals surface area contributed by atoms with Gasteiger partial charge >= 0.3 is 0 Å². The van der Waals surface area contributed by atoms with Crippen LogP contribution >= 0.6 is 22.9 Å². The molecular weight excluding hydrogens is 310 g/mol. The van der Waals surface area contributed by atoms with E-state index in [2.05, 4.69) is 10.6 Å². The lowest BCUT2D eigenvalue weighted by atomic mass is 10.2. The van der Waals surface area contributed by atoms with E-state index in [1.807, 2.05) is 6.07 Å². The zero-order chi connectivity index (χ0) is 15.0. The third-order valence-electron chi connectivity index (χ3n) is 3.25. The van der Waals surface area contributed by atoms with Crippen LogP contribution in [0.1, 0.15) is 22.5 Å². The molecule has 1 saturated carbocycles. The van der Waals surface area contributed by atoms with Gasteiger partial charge in [0, 0.05) is 21.2 Å². The topological polar surface area (TPSA) is 84.2 Å². The van der Waals surface area contributed by atoms with Crippen molar-refractivity contribution in [2.45, 2.75) is 18.9 Å². The summed E-state index contributed by atoms with van der Waals surface area (Å²) in [6.07, 6.45) is 2.04. The molecular formula is C14H14ClN3O2S. The Morgan fingerprint density at radius 3 is 2.86 bits per heavy atom. The fourth-order valence-corrected chi connectivity index (χ4v) is 3.20. The molecule has 2 amide bonds. The normalized spacial score (nSPS) is 14.1. The first-order valence-corrected chi connectivity index (χ1v) is 7.79. The van der Waals surface area contributed by atoms with Crippen LogP contribution in [0.25, 0.3) is 10.1 Å². The van der Waals surface area contributed by atoms with Crippen molar-refractivity contribution in [2.75, 3.05) is 12.3 Å². The maximum absolute atomic E-state index is 12.1. The fourth-order valence-electron chi connectivity index (χ4n) is 2.00. The minimum Gasteiger partial charge on any atom is -0.397 e. The number of hydrogen-bond donors (Lipinski definition) is 3. The standard InChI is InChI=1S/C14H14ClN3O2S/c15-7-1-4-10-9(5-7)12(16)13(21-10)14(20)17-6-11(19)18-8-2-3-8/h1,4-5,8H,2-3,6,16H2,(H,17,20)(H,18,19). The number of benzene rings is 1. The van der Waals surface area contributed by atoms with Crippen LogP contribution in [0.15, 0.2) is 18.2 Å². The second-order valence-corrected chi connectivity index (χ2v) is 6.50. The molecule has 1 aromatic heterocycles. The SMILES string of the molecule is Nc1c(C(=O)NCC(=O)NC2CC2)sc2ccc(Cl)cc12. The van der Waals surface area contributed by atoms with Gasteiger partial charge in [0.1, 0.15) is 4.88 Å². The van der Waals surface area contributed by atoms with Gasteiger partial charge < -0.3 is 16.4 Å². The number of nitrogens with one attached hydrogen (secondary N) is 2. The largest absolute Gasteiger partial charge is 0.397 e. The van der Waals surface area contributed by atoms with Crippen molar-refractivity contribution in [3.8, 4) is 0 Å². The number of nitrogens with two attached hydrogens (primary N) is 1. The summed E-state index contributed by atoms with van der Waals surface area (Å²) < 4.78 is 0.893. The Balaban J connectivity index is 1.71. The highest BCUT2D eigenvalue weighted by Crippen LogP contribution is 2.35. The predicted molar refractivity (Wildman–Crippen MR) is 84.7 cm³/mol. The number of carbonyl (C=O) groups excluding carboxylic acids is 2. The molecule has 0 atom stereocenters. The van der Waals surface area contributed by atoms with Crippen molar-refractivity contribution in [1.29, 1.82) is 0 Å². The zero-order valence-corrected chi connectivity index (χ0v) is 12.7. The molecule has 0 bridgehead atoms. The Labute approximate surface area is 130 Å². The summed E-state index contributed by atoms with van der Waals surface area (Å²) in [4.78, 5) is 24.1. The summed E-state index contributed by atoms with van der Waals surface area (Å²) in [6.45, 7) is -0.0379. The van der Waals surface area contributed by atoms with Gasteiger partial charge in [0.05, 0.1) is 12.2 Å². The maximum Gasteiger partial charge on any atom is 0.263 e. The Kier molecular flexibility index (Phi) is 3.73. The maximum atomic E-state index is 12.1. The lowest BCUT2D eigenvalue weighted by molar-refractivity contribution is -0.120. The molecule has 0 unspecified atom stereocenters. The van der Waals surface area contributed by atoms with Crippen molar-refractivity contribution >= 4 is 50.5 Å². The molecule has 1 aromatic carbocycles. The predicted octanol–water partition coefficient (Wildman–Crippen LogP) is 2.15. The number of nitrogen functional groups attached to an aromatic ring is 1. The Hall–Kier alpha value is -1.79. The number of fused-ring (bicyclic) bond motifs is 1. The molecule has 5 nitrogen and oxygen atoms in total. The van der Waals surface area contributed by atoms with Gasteiger partial charge in [-0.1, -0.05) is 11.6 Å². The second kappa shape index (κ2) is 5.54. The number of anilines is 1. The van der Waals surface area contributed by atoms with Gasteiger partial charge in [-0.05, 0) is 31.0 Å². The van der Waals surface area contributed by atoms with Gasteiger partial charge in [-0.3, -0.25) is 9.59 Å². The van der Waals surface area contributed by atoms with Gasteiger partial charge in [0.15, 0.2) is 0 Å². The molecule has 2 aromatic rings. The third kappa shape index (κ3) is 3.11. The van der Waals surface area contributed by atoms with Crippen molar-refractivity contribution in [2.24, 2.45) is 0 Å². The first-order chi connectivity index (χ1) is 10.0. The molecule has 0 radical (unpaired) electrons. The molecule has 0 saturated heterocycles. The van der Waals surface area contributed by atoms with Crippen LogP contribution in [0.5, 0.6) is 0 Å². The summed E-state index contributed by atoms with van der Waals surface area (Å²) in [5.74, 6) is -0.510. The molecule has 21 heavy (non-hydrogen) atoms. The smallest absolute Gasteiger partial charge is 0.263 e. The average Bonchev–Trinajstić information content (AvgIpc) is 3.20. The van der Waals surface area contributed by atoms with Crippen molar-refractivity contribution < 1.29 is 9.59 Å². The van der Waals surface area contributed by atoms with Gasteiger partial charge in [-0.25, -0.2) is 0 Å². The zero-order valence-electron chi connectivity index (χ0n) is 11.1. The first kappa shape index (κ1) is 14.2. The molecule has 1 fully saturated rings. The first-order valence-electron chi connectivity index (χ1n) is 6.59. The summed E-state index contributed by atoms with van der Waals surface area (Å²) in [7, 11) is 0. The number of halogens is 1. The molecule has 0 aliphatic heterocycles. The molecule has 110 valence electrons. The lowest BCUT2D eigenvalue weighted by Gasteiger charge is -2.05. The van der Waals surface area contributed by atoms with E-state index < -0.39 is 0 Å². The number of rotatable bonds is 4. The molecule has 4 N–H and O–H groups in total. The Morgan fingerprint density at radius 2 is 2.14 bits per heavy atom. The fraction of sp³-hybridized carbons (Fsp3) is 0.286. The van der Waals surface area contributed by atoms with E-state index in [1.165, 1.54) is 11.3 Å². The summed E-state index contributed by atoms with van der Waals surface area (Å²) in [6, 6.07) is 5.60. The monoisotopic (exact) mass is 323 g/mol. The summed E-state index contributed by atoms with van der Waals surface area (Å²) >= 11 is 7.22. The van der Waals surface area contributed by atoms with E-state index in [9.17, 15) is 9.59 Å². The Morgan fingerprint density at radius 1 is 1.38 bits per heavy atom. The van der Waals surface area contributed by atoms with E-state index in [0.717, 1.165) is 22.9 Å². The number of thiophene rings is 1. The number of carbonyl (C=O) groups is 2. The highest BCUT2D eigenvalue weighted by molar-refractivity contribution is 7.21. The number of hydrogen-bond acceptors (Lipinski definition) is 4. The van der Waals surface area contributed by atoms with Crippen LogP contribution in [0, 0.1) is 0 Å². The van der Waals surface area contributed by atoms with Gasteiger partial charge in [0.2, 0.25) is 5.91 Å². The molecule has 7 heteroatoms. The van der Waals surface area contributed by atoms with E-state index in [1.54, 1.807) is 12.1 Å². The molecule has 1 aliphatic carbocycles. The number of amides is 2. The van der Waals surface area contributed by atoms with Crippen LogP contribution < -0.4 is 16.4 Å². The van der Waals surface area contributed by atoms with E-state index in [0.29, 0.717) is 15.6 Å². The molecule has 0 spiro atoms. The van der Waals surface area contributed by atoms with Crippen LogP contribution in [0.2, 0.25) is 5.02 Å². The third-order valence-corrected chi connectivity index (χ3v) is 4.67. The van der Waals surface area contributed by atoms with Crippen LogP contribution in [0.4, 0.5) is 5.69 Å². The molecule has 1 heterocycles. The van der Waals surface area contributed by atoms with Crippen molar-refractivity contribution in [3.63, 3.8) is 0 Å².